The van der Waals surface area contributed by atoms with Gasteiger partial charge in [-0.05, 0) is 17.7 Å². The summed E-state index contributed by atoms with van der Waals surface area (Å²) < 4.78 is 5.21. The quantitative estimate of drug-likeness (QED) is 0.857. The molecule has 1 aromatic heterocycles. The van der Waals surface area contributed by atoms with E-state index in [1.165, 1.54) is 6.07 Å². The predicted molar refractivity (Wildman–Crippen MR) is 58.7 cm³/mol. The zero-order chi connectivity index (χ0) is 10.8. The monoisotopic (exact) mass is 267 g/mol. The zero-order valence-corrected chi connectivity index (χ0v) is 9.08. The molecular weight excluding hydrogens is 262 g/mol. The van der Waals surface area contributed by atoms with E-state index < -0.39 is 11.4 Å². The van der Waals surface area contributed by atoms with Crippen molar-refractivity contribution in [1.29, 1.82) is 0 Å². The zero-order valence-electron chi connectivity index (χ0n) is 7.49. The molecule has 2 rings (SSSR count). The van der Waals surface area contributed by atoms with E-state index in [1.54, 1.807) is 12.1 Å². The Morgan fingerprint density at radius 3 is 2.40 bits per heavy atom. The minimum absolute atomic E-state index is 0.448. The molecule has 4 nitrogen and oxygen atoms in total. The van der Waals surface area contributed by atoms with Crippen LogP contribution in [0.2, 0.25) is 0 Å². The Bertz CT molecular complexity index is 554. The third kappa shape index (κ3) is 2.24. The maximum Gasteiger partial charge on any atom is 0.419 e. The third-order valence-electron chi connectivity index (χ3n) is 1.85. The van der Waals surface area contributed by atoms with E-state index in [9.17, 15) is 9.59 Å². The molecule has 1 heterocycles. The fourth-order valence-electron chi connectivity index (χ4n) is 1.20. The number of nitrogens with one attached hydrogen (secondary N) is 1. The molecule has 0 amide bonds. The number of benzene rings is 1. The first-order valence-corrected chi connectivity index (χ1v) is 4.95. The molecule has 0 radical (unpaired) electrons. The van der Waals surface area contributed by atoms with Gasteiger partial charge in [0.2, 0.25) is 0 Å². The average molecular weight is 268 g/mol. The standard InChI is InChI=1S/C10H6BrNO3/c11-7-3-1-6(2-4-7)8-5-9(13)15-10(14)12-8/h1-5H,(H,12,14). The predicted octanol–water partition coefficient (Wildman–Crippen LogP) is 1.76. The lowest BCUT2D eigenvalue weighted by Gasteiger charge is -1.99. The molecule has 0 saturated heterocycles. The Morgan fingerprint density at radius 1 is 1.13 bits per heavy atom. The number of aromatic amines is 1. The van der Waals surface area contributed by atoms with Crippen molar-refractivity contribution in [1.82, 2.24) is 4.98 Å². The third-order valence-corrected chi connectivity index (χ3v) is 2.38. The second-order valence-electron chi connectivity index (χ2n) is 2.90. The van der Waals surface area contributed by atoms with Gasteiger partial charge in [-0.2, -0.15) is 0 Å². The number of hydrogen-bond acceptors (Lipinski definition) is 3. The van der Waals surface area contributed by atoms with E-state index in [4.69, 9.17) is 0 Å². The SMILES string of the molecule is O=c1cc(-c2ccc(Br)cc2)[nH]c(=O)o1. The summed E-state index contributed by atoms with van der Waals surface area (Å²) in [5, 5.41) is 0. The van der Waals surface area contributed by atoms with Crippen molar-refractivity contribution < 1.29 is 4.42 Å². The summed E-state index contributed by atoms with van der Waals surface area (Å²) in [4.78, 5) is 24.3. The van der Waals surface area contributed by atoms with Crippen LogP contribution < -0.4 is 11.4 Å². The van der Waals surface area contributed by atoms with Gasteiger partial charge in [0.25, 0.3) is 0 Å². The van der Waals surface area contributed by atoms with Gasteiger partial charge >= 0.3 is 11.4 Å². The molecule has 76 valence electrons. The van der Waals surface area contributed by atoms with Gasteiger partial charge in [0.05, 0.1) is 5.69 Å². The summed E-state index contributed by atoms with van der Waals surface area (Å²) in [6, 6.07) is 8.46. The molecule has 2 aromatic rings. The lowest BCUT2D eigenvalue weighted by Crippen LogP contribution is -2.14. The van der Waals surface area contributed by atoms with E-state index in [-0.39, 0.29) is 0 Å². The summed E-state index contributed by atoms with van der Waals surface area (Å²) in [7, 11) is 0. The van der Waals surface area contributed by atoms with Crippen molar-refractivity contribution in [2.24, 2.45) is 0 Å². The summed E-state index contributed by atoms with van der Waals surface area (Å²) >= 11 is 3.29. The molecule has 1 N–H and O–H groups in total. The molecular formula is C10H6BrNO3. The molecule has 0 saturated carbocycles. The first-order valence-electron chi connectivity index (χ1n) is 4.15. The lowest BCUT2D eigenvalue weighted by molar-refractivity contribution is 0.451. The summed E-state index contributed by atoms with van der Waals surface area (Å²) in [5.74, 6) is -0.750. The van der Waals surface area contributed by atoms with Crippen LogP contribution in [-0.2, 0) is 0 Å². The molecule has 0 aliphatic rings. The van der Waals surface area contributed by atoms with Crippen molar-refractivity contribution >= 4 is 15.9 Å². The van der Waals surface area contributed by atoms with Crippen molar-refractivity contribution in [2.45, 2.75) is 0 Å². The van der Waals surface area contributed by atoms with Gasteiger partial charge in [0.1, 0.15) is 0 Å². The number of rotatable bonds is 1. The number of H-pyrrole nitrogens is 1. The number of halogens is 1. The Morgan fingerprint density at radius 2 is 1.80 bits per heavy atom. The fraction of sp³-hybridized carbons (Fsp3) is 0. The molecule has 0 fully saturated rings. The van der Waals surface area contributed by atoms with Crippen molar-refractivity contribution in [2.75, 3.05) is 0 Å². The molecule has 0 aliphatic carbocycles. The first kappa shape index (κ1) is 9.92. The molecule has 5 heteroatoms. The van der Waals surface area contributed by atoms with E-state index in [2.05, 4.69) is 25.3 Å². The van der Waals surface area contributed by atoms with E-state index in [0.717, 1.165) is 10.0 Å². The molecule has 0 unspecified atom stereocenters. The molecule has 0 aliphatic heterocycles. The maximum atomic E-state index is 11.0. The highest BCUT2D eigenvalue weighted by atomic mass is 79.9. The highest BCUT2D eigenvalue weighted by Gasteiger charge is 2.01. The van der Waals surface area contributed by atoms with Crippen LogP contribution in [0.4, 0.5) is 0 Å². The van der Waals surface area contributed by atoms with Crippen molar-refractivity contribution in [3.8, 4) is 11.3 Å². The summed E-state index contributed by atoms with van der Waals surface area (Å²) in [6.45, 7) is 0. The Balaban J connectivity index is 2.59. The van der Waals surface area contributed by atoms with E-state index >= 15 is 0 Å². The van der Waals surface area contributed by atoms with Gasteiger partial charge in [0.15, 0.2) is 0 Å². The Kier molecular flexibility index (Phi) is 2.55. The number of hydrogen-bond donors (Lipinski definition) is 1. The minimum atomic E-state index is -0.750. The molecule has 0 atom stereocenters. The van der Waals surface area contributed by atoms with Crippen LogP contribution in [0.1, 0.15) is 0 Å². The maximum absolute atomic E-state index is 11.0. The van der Waals surface area contributed by atoms with Gasteiger partial charge in [0, 0.05) is 10.5 Å². The first-order chi connectivity index (χ1) is 7.15. The van der Waals surface area contributed by atoms with Crippen LogP contribution in [-0.4, -0.2) is 4.98 Å². The molecule has 1 aromatic carbocycles. The molecule has 0 spiro atoms. The Hall–Kier alpha value is -1.62. The second-order valence-corrected chi connectivity index (χ2v) is 3.81. The van der Waals surface area contributed by atoms with Crippen molar-refractivity contribution in [3.63, 3.8) is 0 Å². The smallest absolute Gasteiger partial charge is 0.373 e. The van der Waals surface area contributed by atoms with Crippen LogP contribution in [0.15, 0.2) is 48.8 Å². The highest BCUT2D eigenvalue weighted by Crippen LogP contribution is 2.17. The normalized spacial score (nSPS) is 10.2. The lowest BCUT2D eigenvalue weighted by atomic mass is 10.1. The van der Waals surface area contributed by atoms with Gasteiger partial charge in [-0.3, -0.25) is 4.98 Å². The van der Waals surface area contributed by atoms with Crippen LogP contribution in [0.3, 0.4) is 0 Å². The fourth-order valence-corrected chi connectivity index (χ4v) is 1.46. The van der Waals surface area contributed by atoms with Crippen LogP contribution >= 0.6 is 15.9 Å². The van der Waals surface area contributed by atoms with Crippen molar-refractivity contribution in [3.05, 3.63) is 55.8 Å². The van der Waals surface area contributed by atoms with Crippen LogP contribution in [0, 0.1) is 0 Å². The number of aromatic nitrogens is 1. The second kappa shape index (κ2) is 3.86. The van der Waals surface area contributed by atoms with Gasteiger partial charge in [-0.25, -0.2) is 9.59 Å². The summed E-state index contributed by atoms with van der Waals surface area (Å²) in [6.07, 6.45) is 0. The van der Waals surface area contributed by atoms with Gasteiger partial charge in [-0.15, -0.1) is 0 Å². The van der Waals surface area contributed by atoms with Gasteiger partial charge < -0.3 is 4.42 Å². The molecule has 0 bridgehead atoms. The van der Waals surface area contributed by atoms with Crippen LogP contribution in [0.5, 0.6) is 0 Å². The minimum Gasteiger partial charge on any atom is -0.373 e. The highest BCUT2D eigenvalue weighted by molar-refractivity contribution is 9.10. The van der Waals surface area contributed by atoms with E-state index in [1.807, 2.05) is 12.1 Å². The average Bonchev–Trinajstić information content (AvgIpc) is 2.17. The summed E-state index contributed by atoms with van der Waals surface area (Å²) in [5.41, 5.74) is 0.545. The largest absolute Gasteiger partial charge is 0.419 e. The van der Waals surface area contributed by atoms with E-state index in [0.29, 0.717) is 5.69 Å². The molecule has 15 heavy (non-hydrogen) atoms. The Labute approximate surface area is 92.7 Å². The van der Waals surface area contributed by atoms with Crippen LogP contribution in [0.25, 0.3) is 11.3 Å². The van der Waals surface area contributed by atoms with Gasteiger partial charge in [-0.1, -0.05) is 28.1 Å². The topological polar surface area (TPSA) is 63.1 Å².